The summed E-state index contributed by atoms with van der Waals surface area (Å²) in [6.07, 6.45) is -0.649. The van der Waals surface area contributed by atoms with E-state index in [1.165, 1.54) is 6.07 Å². The molecule has 4 heterocycles. The Bertz CT molecular complexity index is 778. The molecule has 0 saturated carbocycles. The van der Waals surface area contributed by atoms with Crippen LogP contribution in [-0.2, 0) is 22.1 Å². The third kappa shape index (κ3) is 4.69. The average Bonchev–Trinajstić information content (AvgIpc) is 2.73. The molecule has 0 aromatic carbocycles. The van der Waals surface area contributed by atoms with E-state index in [9.17, 15) is 22.8 Å². The molecule has 4 rings (SSSR count). The lowest BCUT2D eigenvalue weighted by atomic mass is 9.92. The molecule has 2 atom stereocenters. The molecular weight excluding hydrogens is 401 g/mol. The fraction of sp³-hybridized carbons (Fsp3) is 0.650. The van der Waals surface area contributed by atoms with Gasteiger partial charge < -0.3 is 19.9 Å². The van der Waals surface area contributed by atoms with Crippen LogP contribution < -0.4 is 5.32 Å². The molecule has 7 nitrogen and oxygen atoms in total. The number of pyridine rings is 1. The minimum Gasteiger partial charge on any atom is -0.366 e. The second-order valence-electron chi connectivity index (χ2n) is 8.21. The van der Waals surface area contributed by atoms with E-state index in [2.05, 4.69) is 10.3 Å². The quantitative estimate of drug-likeness (QED) is 0.786. The van der Waals surface area contributed by atoms with Crippen molar-refractivity contribution in [2.45, 2.75) is 44.0 Å². The van der Waals surface area contributed by atoms with E-state index in [1.54, 1.807) is 4.90 Å². The predicted octanol–water partition coefficient (Wildman–Crippen LogP) is 2.06. The third-order valence-electron chi connectivity index (χ3n) is 6.13. The van der Waals surface area contributed by atoms with Crippen LogP contribution in [0.1, 0.15) is 30.5 Å². The van der Waals surface area contributed by atoms with Gasteiger partial charge in [-0.25, -0.2) is 4.79 Å². The third-order valence-corrected chi connectivity index (χ3v) is 6.13. The highest BCUT2D eigenvalue weighted by Gasteiger charge is 2.38. The van der Waals surface area contributed by atoms with Crippen LogP contribution in [0.5, 0.6) is 0 Å². The van der Waals surface area contributed by atoms with E-state index < -0.39 is 11.7 Å². The normalized spacial score (nSPS) is 25.6. The number of urea groups is 1. The molecule has 0 radical (unpaired) electrons. The molecule has 3 aliphatic rings. The number of alkyl halides is 3. The Labute approximate surface area is 172 Å². The number of nitrogens with one attached hydrogen (secondary N) is 1. The summed E-state index contributed by atoms with van der Waals surface area (Å²) in [6.45, 7) is 2.35. The maximum atomic E-state index is 12.9. The molecular formula is C20H25F3N4O3. The van der Waals surface area contributed by atoms with Gasteiger partial charge in [-0.2, -0.15) is 13.2 Å². The Balaban J connectivity index is 1.26. The summed E-state index contributed by atoms with van der Waals surface area (Å²) in [6, 6.07) is 2.32. The molecule has 0 aliphatic carbocycles. The van der Waals surface area contributed by atoms with Crippen LogP contribution in [0.3, 0.4) is 0 Å². The van der Waals surface area contributed by atoms with Gasteiger partial charge in [0.25, 0.3) is 0 Å². The molecule has 3 amide bonds. The SMILES string of the molecule is O=C1CO[C@H]2CCN(C(=O)N3CCC(Cc4ccc(C(F)(F)F)cn4)CC3)C[C@H]2N1. The van der Waals surface area contributed by atoms with Crippen molar-refractivity contribution in [3.63, 3.8) is 0 Å². The summed E-state index contributed by atoms with van der Waals surface area (Å²) >= 11 is 0. The van der Waals surface area contributed by atoms with Gasteiger partial charge in [0.15, 0.2) is 0 Å². The first kappa shape index (κ1) is 20.9. The highest BCUT2D eigenvalue weighted by atomic mass is 19.4. The number of halogens is 3. The second-order valence-corrected chi connectivity index (χ2v) is 8.21. The lowest BCUT2D eigenvalue weighted by Crippen LogP contribution is -2.62. The minimum absolute atomic E-state index is 0.0284. The zero-order valence-corrected chi connectivity index (χ0v) is 16.5. The van der Waals surface area contributed by atoms with Crippen molar-refractivity contribution in [1.82, 2.24) is 20.1 Å². The maximum absolute atomic E-state index is 12.9. The van der Waals surface area contributed by atoms with Gasteiger partial charge in [-0.05, 0) is 43.7 Å². The number of fused-ring (bicyclic) bond motifs is 1. The highest BCUT2D eigenvalue weighted by molar-refractivity contribution is 5.79. The van der Waals surface area contributed by atoms with Crippen LogP contribution in [0.2, 0.25) is 0 Å². The van der Waals surface area contributed by atoms with Crippen molar-refractivity contribution in [2.75, 3.05) is 32.8 Å². The number of nitrogens with zero attached hydrogens (tertiary/aromatic N) is 3. The van der Waals surface area contributed by atoms with Gasteiger partial charge in [0.05, 0.1) is 17.7 Å². The fourth-order valence-corrected chi connectivity index (χ4v) is 4.41. The molecule has 1 aromatic heterocycles. The summed E-state index contributed by atoms with van der Waals surface area (Å²) in [5.74, 6) is 0.137. The zero-order valence-electron chi connectivity index (χ0n) is 16.5. The molecule has 3 saturated heterocycles. The lowest BCUT2D eigenvalue weighted by molar-refractivity contribution is -0.140. The topological polar surface area (TPSA) is 74.8 Å². The van der Waals surface area contributed by atoms with E-state index in [1.807, 2.05) is 4.90 Å². The molecule has 3 fully saturated rings. The first-order valence-electron chi connectivity index (χ1n) is 10.3. The Hall–Kier alpha value is -2.36. The van der Waals surface area contributed by atoms with Gasteiger partial charge in [-0.1, -0.05) is 0 Å². The number of ether oxygens (including phenoxy) is 1. The summed E-state index contributed by atoms with van der Waals surface area (Å²) in [5.41, 5.74) is -0.0992. The number of morpholine rings is 1. The number of aromatic nitrogens is 1. The molecule has 0 bridgehead atoms. The summed E-state index contributed by atoms with van der Waals surface area (Å²) < 4.78 is 43.5. The summed E-state index contributed by atoms with van der Waals surface area (Å²) in [5, 5.41) is 2.90. The number of amides is 3. The van der Waals surface area contributed by atoms with E-state index in [4.69, 9.17) is 4.74 Å². The molecule has 30 heavy (non-hydrogen) atoms. The first-order chi connectivity index (χ1) is 14.3. The smallest absolute Gasteiger partial charge is 0.366 e. The highest BCUT2D eigenvalue weighted by Crippen LogP contribution is 2.29. The average molecular weight is 426 g/mol. The van der Waals surface area contributed by atoms with Crippen LogP contribution in [-0.4, -0.2) is 71.7 Å². The van der Waals surface area contributed by atoms with Crippen molar-refractivity contribution in [1.29, 1.82) is 0 Å². The Morgan fingerprint density at radius 2 is 1.90 bits per heavy atom. The number of likely N-dealkylation sites (tertiary alicyclic amines) is 2. The number of hydrogen-bond acceptors (Lipinski definition) is 4. The van der Waals surface area contributed by atoms with E-state index in [0.29, 0.717) is 44.7 Å². The molecule has 10 heteroatoms. The standard InChI is InChI=1S/C20H25F3N4O3/c21-20(22,23)14-1-2-15(24-10-14)9-13-3-6-26(7-4-13)19(29)27-8-5-17-16(11-27)25-18(28)12-30-17/h1-2,10,13,16-17H,3-9,11-12H2,(H,25,28)/t16-,17+/m1/s1. The van der Waals surface area contributed by atoms with E-state index >= 15 is 0 Å². The van der Waals surface area contributed by atoms with Gasteiger partial charge in [-0.15, -0.1) is 0 Å². The van der Waals surface area contributed by atoms with Crippen LogP contribution in [0, 0.1) is 5.92 Å². The van der Waals surface area contributed by atoms with Crippen molar-refractivity contribution in [3.8, 4) is 0 Å². The maximum Gasteiger partial charge on any atom is 0.417 e. The molecule has 1 N–H and O–H groups in total. The first-order valence-corrected chi connectivity index (χ1v) is 10.3. The van der Waals surface area contributed by atoms with E-state index in [0.717, 1.165) is 25.1 Å². The largest absolute Gasteiger partial charge is 0.417 e. The number of rotatable bonds is 2. The van der Waals surface area contributed by atoms with Crippen molar-refractivity contribution in [3.05, 3.63) is 29.6 Å². The van der Waals surface area contributed by atoms with Crippen molar-refractivity contribution < 1.29 is 27.5 Å². The van der Waals surface area contributed by atoms with Crippen molar-refractivity contribution >= 4 is 11.9 Å². The Morgan fingerprint density at radius 1 is 1.17 bits per heavy atom. The Kier molecular flexibility index (Phi) is 5.86. The van der Waals surface area contributed by atoms with E-state index in [-0.39, 0.29) is 36.6 Å². The number of carbonyl (C=O) groups is 2. The van der Waals surface area contributed by atoms with Crippen LogP contribution in [0.4, 0.5) is 18.0 Å². The predicted molar refractivity (Wildman–Crippen MR) is 100 cm³/mol. The molecule has 3 aliphatic heterocycles. The number of hydrogen-bond donors (Lipinski definition) is 1. The van der Waals surface area contributed by atoms with Gasteiger partial charge in [0.2, 0.25) is 5.91 Å². The van der Waals surface area contributed by atoms with Crippen molar-refractivity contribution in [2.24, 2.45) is 5.92 Å². The second kappa shape index (κ2) is 8.41. The van der Waals surface area contributed by atoms with Gasteiger partial charge in [0, 0.05) is 38.1 Å². The summed E-state index contributed by atoms with van der Waals surface area (Å²) in [4.78, 5) is 32.0. The monoisotopic (exact) mass is 426 g/mol. The van der Waals surface area contributed by atoms with Gasteiger partial charge >= 0.3 is 12.2 Å². The molecule has 0 unspecified atom stereocenters. The minimum atomic E-state index is -4.38. The molecule has 1 aromatic rings. The lowest BCUT2D eigenvalue weighted by Gasteiger charge is -2.43. The fourth-order valence-electron chi connectivity index (χ4n) is 4.41. The number of carbonyl (C=O) groups excluding carboxylic acids is 2. The van der Waals surface area contributed by atoms with Gasteiger partial charge in [0.1, 0.15) is 6.61 Å². The number of piperidine rings is 2. The molecule has 0 spiro atoms. The zero-order chi connectivity index (χ0) is 21.3. The summed E-state index contributed by atoms with van der Waals surface area (Å²) in [7, 11) is 0. The van der Waals surface area contributed by atoms with Crippen LogP contribution in [0.15, 0.2) is 18.3 Å². The Morgan fingerprint density at radius 3 is 2.57 bits per heavy atom. The van der Waals surface area contributed by atoms with Crippen LogP contribution >= 0.6 is 0 Å². The molecule has 164 valence electrons. The van der Waals surface area contributed by atoms with Gasteiger partial charge in [-0.3, -0.25) is 9.78 Å². The van der Waals surface area contributed by atoms with Crippen LogP contribution in [0.25, 0.3) is 0 Å².